The Labute approximate surface area is 135 Å². The smallest absolute Gasteiger partial charge is 0.481 e. The summed E-state index contributed by atoms with van der Waals surface area (Å²) in [5, 5.41) is 11.2. The molecule has 2 atom stereocenters. The van der Waals surface area contributed by atoms with Gasteiger partial charge in [0, 0.05) is 0 Å². The molecule has 2 unspecified atom stereocenters. The van der Waals surface area contributed by atoms with Gasteiger partial charge in [0.05, 0.1) is 36.9 Å². The molecular formula is C10H15NO11P2. The third-order valence-electron chi connectivity index (χ3n) is 2.67. The molecule has 12 nitrogen and oxygen atoms in total. The fourth-order valence-corrected chi connectivity index (χ4v) is 3.52. The van der Waals surface area contributed by atoms with E-state index in [0.29, 0.717) is 0 Å². The Bertz CT molecular complexity index is 715. The SMILES string of the molecule is COc1cc(C(C)OP(=O)(O)OP(=O)(O)O)c([N+](=O)[O-])cc1OC. The summed E-state index contributed by atoms with van der Waals surface area (Å²) >= 11 is 0. The van der Waals surface area contributed by atoms with Crippen LogP contribution in [0.15, 0.2) is 12.1 Å². The quantitative estimate of drug-likeness (QED) is 0.337. The van der Waals surface area contributed by atoms with Crippen molar-refractivity contribution in [1.82, 2.24) is 0 Å². The molecule has 1 aromatic rings. The van der Waals surface area contributed by atoms with Crippen molar-refractivity contribution in [2.45, 2.75) is 13.0 Å². The number of methoxy groups -OCH3 is 2. The van der Waals surface area contributed by atoms with Crippen molar-refractivity contribution in [2.75, 3.05) is 14.2 Å². The van der Waals surface area contributed by atoms with Gasteiger partial charge in [0.1, 0.15) is 0 Å². The minimum Gasteiger partial charge on any atom is -0.493 e. The maximum Gasteiger partial charge on any atom is 0.481 e. The summed E-state index contributed by atoms with van der Waals surface area (Å²) in [5.74, 6) is 0.121. The van der Waals surface area contributed by atoms with E-state index in [1.54, 1.807) is 0 Å². The van der Waals surface area contributed by atoms with E-state index in [2.05, 4.69) is 8.83 Å². The number of hydrogen-bond donors (Lipinski definition) is 3. The molecule has 0 fully saturated rings. The molecule has 1 aromatic carbocycles. The van der Waals surface area contributed by atoms with Crippen LogP contribution in [0.2, 0.25) is 0 Å². The molecule has 14 heteroatoms. The molecule has 136 valence electrons. The van der Waals surface area contributed by atoms with Crippen LogP contribution in [-0.4, -0.2) is 33.8 Å². The minimum absolute atomic E-state index is 0.0406. The van der Waals surface area contributed by atoms with Crippen molar-refractivity contribution in [3.63, 3.8) is 0 Å². The molecule has 24 heavy (non-hydrogen) atoms. The van der Waals surface area contributed by atoms with Gasteiger partial charge in [-0.05, 0) is 13.0 Å². The lowest BCUT2D eigenvalue weighted by atomic mass is 10.1. The highest BCUT2D eigenvalue weighted by Crippen LogP contribution is 2.60. The second kappa shape index (κ2) is 7.58. The highest BCUT2D eigenvalue weighted by Gasteiger charge is 2.36. The van der Waals surface area contributed by atoms with E-state index in [-0.39, 0.29) is 17.1 Å². The molecule has 0 aliphatic carbocycles. The lowest BCUT2D eigenvalue weighted by molar-refractivity contribution is -0.386. The van der Waals surface area contributed by atoms with Crippen LogP contribution in [0.4, 0.5) is 5.69 Å². The topological polar surface area (TPSA) is 175 Å². The molecule has 0 radical (unpaired) electrons. The largest absolute Gasteiger partial charge is 0.493 e. The lowest BCUT2D eigenvalue weighted by Gasteiger charge is -2.19. The molecule has 0 bridgehead atoms. The van der Waals surface area contributed by atoms with Crippen LogP contribution < -0.4 is 9.47 Å². The van der Waals surface area contributed by atoms with E-state index < -0.39 is 32.4 Å². The van der Waals surface area contributed by atoms with Crippen LogP contribution in [-0.2, 0) is 18.0 Å². The molecule has 0 heterocycles. The Kier molecular flexibility index (Phi) is 6.48. The maximum atomic E-state index is 11.6. The minimum atomic E-state index is -5.31. The summed E-state index contributed by atoms with van der Waals surface area (Å²) in [6.07, 6.45) is -1.44. The van der Waals surface area contributed by atoms with E-state index >= 15 is 0 Å². The highest BCUT2D eigenvalue weighted by atomic mass is 31.3. The molecule has 0 spiro atoms. The Balaban J connectivity index is 3.26. The number of rotatable bonds is 8. The highest BCUT2D eigenvalue weighted by molar-refractivity contribution is 7.60. The fraction of sp³-hybridized carbons (Fsp3) is 0.400. The van der Waals surface area contributed by atoms with Gasteiger partial charge in [0.2, 0.25) is 0 Å². The van der Waals surface area contributed by atoms with Crippen LogP contribution in [0.25, 0.3) is 0 Å². The number of nitrogens with zero attached hydrogens (tertiary/aromatic N) is 1. The van der Waals surface area contributed by atoms with Crippen molar-refractivity contribution in [3.8, 4) is 11.5 Å². The predicted octanol–water partition coefficient (Wildman–Crippen LogP) is 1.90. The van der Waals surface area contributed by atoms with Gasteiger partial charge in [-0.25, -0.2) is 9.13 Å². The molecular weight excluding hydrogens is 372 g/mol. The third-order valence-corrected chi connectivity index (χ3v) is 4.93. The number of phosphoric ester groups is 1. The third kappa shape index (κ3) is 5.53. The molecule has 0 amide bonds. The zero-order valence-electron chi connectivity index (χ0n) is 12.7. The summed E-state index contributed by atoms with van der Waals surface area (Å²) in [6, 6.07) is 2.15. The van der Waals surface area contributed by atoms with Crippen LogP contribution in [0, 0.1) is 10.1 Å². The first kappa shape index (κ1) is 20.5. The van der Waals surface area contributed by atoms with Crippen molar-refractivity contribution in [2.24, 2.45) is 0 Å². The van der Waals surface area contributed by atoms with Crippen LogP contribution in [0.1, 0.15) is 18.6 Å². The average Bonchev–Trinajstić information content (AvgIpc) is 2.42. The zero-order valence-corrected chi connectivity index (χ0v) is 14.5. The molecule has 0 saturated heterocycles. The standard InChI is InChI=1S/C10H15NO11P2/c1-6(21-24(17,18)22-23(14,15)16)7-4-9(19-2)10(20-3)5-8(7)11(12)13/h4-6H,1-3H3,(H,17,18)(H2,14,15,16). The Morgan fingerprint density at radius 3 is 2.04 bits per heavy atom. The van der Waals surface area contributed by atoms with Crippen molar-refractivity contribution in [3.05, 3.63) is 27.8 Å². The summed E-state index contributed by atoms with van der Waals surface area (Å²) in [5.41, 5.74) is -0.711. The normalized spacial score (nSPS) is 15.4. The van der Waals surface area contributed by atoms with Gasteiger partial charge in [-0.3, -0.25) is 14.6 Å². The van der Waals surface area contributed by atoms with Crippen molar-refractivity contribution >= 4 is 21.3 Å². The average molecular weight is 387 g/mol. The number of hydrogen-bond acceptors (Lipinski definition) is 8. The van der Waals surface area contributed by atoms with E-state index in [0.717, 1.165) is 19.1 Å². The summed E-state index contributed by atoms with van der Waals surface area (Å²) in [4.78, 5) is 36.8. The first-order valence-corrected chi connectivity index (χ1v) is 9.11. The van der Waals surface area contributed by atoms with Gasteiger partial charge in [-0.15, -0.1) is 0 Å². The van der Waals surface area contributed by atoms with Gasteiger partial charge < -0.3 is 24.2 Å². The van der Waals surface area contributed by atoms with Crippen LogP contribution in [0.3, 0.4) is 0 Å². The summed E-state index contributed by atoms with van der Waals surface area (Å²) < 4.78 is 40.3. The van der Waals surface area contributed by atoms with Gasteiger partial charge in [-0.2, -0.15) is 4.31 Å². The monoisotopic (exact) mass is 387 g/mol. The van der Waals surface area contributed by atoms with Crippen LogP contribution in [0.5, 0.6) is 11.5 Å². The molecule has 0 aromatic heterocycles. The van der Waals surface area contributed by atoms with E-state index in [1.807, 2.05) is 0 Å². The van der Waals surface area contributed by atoms with Gasteiger partial charge in [0.15, 0.2) is 11.5 Å². The summed E-state index contributed by atoms with van der Waals surface area (Å²) in [7, 11) is -7.96. The van der Waals surface area contributed by atoms with E-state index in [1.165, 1.54) is 14.2 Å². The lowest BCUT2D eigenvalue weighted by Crippen LogP contribution is -2.05. The van der Waals surface area contributed by atoms with Crippen molar-refractivity contribution in [1.29, 1.82) is 0 Å². The van der Waals surface area contributed by atoms with E-state index in [4.69, 9.17) is 19.3 Å². The molecule has 0 saturated carbocycles. The second-order valence-corrected chi connectivity index (χ2v) is 7.09. The first-order valence-electron chi connectivity index (χ1n) is 6.08. The maximum absolute atomic E-state index is 11.6. The van der Waals surface area contributed by atoms with Gasteiger partial charge in [-0.1, -0.05) is 0 Å². The molecule has 0 aliphatic heterocycles. The number of nitro groups is 1. The fourth-order valence-electron chi connectivity index (χ4n) is 1.78. The first-order chi connectivity index (χ1) is 10.9. The van der Waals surface area contributed by atoms with Crippen LogP contribution >= 0.6 is 15.6 Å². The van der Waals surface area contributed by atoms with Crippen molar-refractivity contribution < 1.29 is 47.0 Å². The van der Waals surface area contributed by atoms with Gasteiger partial charge in [0.25, 0.3) is 5.69 Å². The Morgan fingerprint density at radius 1 is 1.12 bits per heavy atom. The Hall–Kier alpha value is -1.52. The second-order valence-electron chi connectivity index (χ2n) is 4.31. The molecule has 3 N–H and O–H groups in total. The number of phosphoric acid groups is 2. The number of benzene rings is 1. The molecule has 0 aliphatic rings. The van der Waals surface area contributed by atoms with Gasteiger partial charge >= 0.3 is 15.6 Å². The number of ether oxygens (including phenoxy) is 2. The zero-order chi connectivity index (χ0) is 18.7. The Morgan fingerprint density at radius 2 is 1.62 bits per heavy atom. The number of nitro benzene ring substituents is 1. The van der Waals surface area contributed by atoms with E-state index in [9.17, 15) is 24.1 Å². The summed E-state index contributed by atoms with van der Waals surface area (Å²) in [6.45, 7) is 1.15. The predicted molar refractivity (Wildman–Crippen MR) is 78.7 cm³/mol. The molecule has 1 rings (SSSR count).